The molecule has 60 valence electrons. The van der Waals surface area contributed by atoms with E-state index in [1.54, 1.807) is 0 Å². The van der Waals surface area contributed by atoms with E-state index in [1.807, 2.05) is 5.48 Å². The van der Waals surface area contributed by atoms with Crippen LogP contribution in [0.4, 0.5) is 5.69 Å². The molecule has 0 atom stereocenters. The molecule has 11 heavy (non-hydrogen) atoms. The summed E-state index contributed by atoms with van der Waals surface area (Å²) in [5.74, 6) is 0. The van der Waals surface area contributed by atoms with Gasteiger partial charge in [-0.1, -0.05) is 34.8 Å². The van der Waals surface area contributed by atoms with Crippen molar-refractivity contribution >= 4 is 40.5 Å². The molecule has 0 saturated carbocycles. The molecule has 0 aliphatic heterocycles. The topological polar surface area (TPSA) is 32.3 Å². The summed E-state index contributed by atoms with van der Waals surface area (Å²) >= 11 is 16.9. The second kappa shape index (κ2) is 3.50. The minimum atomic E-state index is 0.262. The van der Waals surface area contributed by atoms with Crippen LogP contribution in [0.2, 0.25) is 15.1 Å². The molecule has 0 aliphatic carbocycles. The molecule has 0 fully saturated rings. The van der Waals surface area contributed by atoms with Crippen LogP contribution in [0.15, 0.2) is 12.1 Å². The minimum Gasteiger partial charge on any atom is -0.291 e. The number of hydrogen-bond donors (Lipinski definition) is 2. The van der Waals surface area contributed by atoms with Crippen molar-refractivity contribution in [2.24, 2.45) is 0 Å². The van der Waals surface area contributed by atoms with E-state index in [0.717, 1.165) is 0 Å². The normalized spacial score (nSPS) is 9.82. The molecule has 0 radical (unpaired) electrons. The van der Waals surface area contributed by atoms with Crippen molar-refractivity contribution in [3.8, 4) is 0 Å². The molecule has 0 heterocycles. The van der Waals surface area contributed by atoms with Gasteiger partial charge in [0, 0.05) is 5.02 Å². The minimum absolute atomic E-state index is 0.262. The van der Waals surface area contributed by atoms with Gasteiger partial charge in [-0.2, -0.15) is 0 Å². The van der Waals surface area contributed by atoms with Gasteiger partial charge in [0.2, 0.25) is 0 Å². The predicted octanol–water partition coefficient (Wildman–Crippen LogP) is 3.45. The van der Waals surface area contributed by atoms with Crippen LogP contribution < -0.4 is 5.48 Å². The van der Waals surface area contributed by atoms with Gasteiger partial charge in [-0.3, -0.25) is 10.7 Å². The van der Waals surface area contributed by atoms with Crippen LogP contribution in [-0.4, -0.2) is 5.21 Å². The maximum absolute atomic E-state index is 8.53. The van der Waals surface area contributed by atoms with Crippen molar-refractivity contribution in [1.29, 1.82) is 0 Å². The molecule has 0 aliphatic rings. The zero-order valence-electron chi connectivity index (χ0n) is 5.24. The van der Waals surface area contributed by atoms with Gasteiger partial charge in [-0.25, -0.2) is 0 Å². The largest absolute Gasteiger partial charge is 0.291 e. The second-order valence-electron chi connectivity index (χ2n) is 1.86. The van der Waals surface area contributed by atoms with Crippen molar-refractivity contribution in [3.63, 3.8) is 0 Å². The first kappa shape index (κ1) is 8.94. The molecule has 1 aromatic carbocycles. The molecule has 1 rings (SSSR count). The highest BCUT2D eigenvalue weighted by molar-refractivity contribution is 6.41. The Morgan fingerprint density at radius 2 is 1.55 bits per heavy atom. The quantitative estimate of drug-likeness (QED) is 0.699. The summed E-state index contributed by atoms with van der Waals surface area (Å²) in [5, 5.41) is 9.52. The highest BCUT2D eigenvalue weighted by atomic mass is 35.5. The van der Waals surface area contributed by atoms with Crippen molar-refractivity contribution in [2.75, 3.05) is 5.48 Å². The van der Waals surface area contributed by atoms with Crippen LogP contribution in [0.5, 0.6) is 0 Å². The van der Waals surface area contributed by atoms with Gasteiger partial charge in [0.25, 0.3) is 0 Å². The van der Waals surface area contributed by atoms with E-state index < -0.39 is 0 Å². The first-order chi connectivity index (χ1) is 5.15. The summed E-state index contributed by atoms with van der Waals surface area (Å²) in [4.78, 5) is 0. The molecule has 0 amide bonds. The van der Waals surface area contributed by atoms with Crippen LogP contribution in [-0.2, 0) is 0 Å². The van der Waals surface area contributed by atoms with E-state index in [2.05, 4.69) is 0 Å². The lowest BCUT2D eigenvalue weighted by Crippen LogP contribution is -1.90. The molecule has 0 unspecified atom stereocenters. The summed E-state index contributed by atoms with van der Waals surface area (Å²) in [6.45, 7) is 0. The van der Waals surface area contributed by atoms with Crippen LogP contribution >= 0.6 is 34.8 Å². The summed E-state index contributed by atoms with van der Waals surface area (Å²) < 4.78 is 0. The maximum atomic E-state index is 8.53. The third-order valence-corrected chi connectivity index (χ3v) is 1.93. The summed E-state index contributed by atoms with van der Waals surface area (Å²) in [6, 6.07) is 2.96. The van der Waals surface area contributed by atoms with E-state index in [4.69, 9.17) is 40.0 Å². The molecule has 0 bridgehead atoms. The highest BCUT2D eigenvalue weighted by Gasteiger charge is 2.05. The third-order valence-electron chi connectivity index (χ3n) is 1.12. The van der Waals surface area contributed by atoms with Gasteiger partial charge < -0.3 is 0 Å². The zero-order valence-corrected chi connectivity index (χ0v) is 7.50. The number of benzene rings is 1. The van der Waals surface area contributed by atoms with E-state index >= 15 is 0 Å². The molecule has 5 heteroatoms. The van der Waals surface area contributed by atoms with E-state index in [-0.39, 0.29) is 15.7 Å². The Hall–Kier alpha value is -0.150. The van der Waals surface area contributed by atoms with Crippen molar-refractivity contribution in [1.82, 2.24) is 0 Å². The molecule has 0 aromatic heterocycles. The first-order valence-corrected chi connectivity index (χ1v) is 3.83. The number of nitrogens with one attached hydrogen (secondary N) is 1. The fourth-order valence-corrected chi connectivity index (χ4v) is 1.55. The summed E-state index contributed by atoms with van der Waals surface area (Å²) in [7, 11) is 0. The van der Waals surface area contributed by atoms with Gasteiger partial charge in [-0.15, -0.1) is 0 Å². The molecule has 2 nitrogen and oxygen atoms in total. The Balaban J connectivity index is 3.25. The van der Waals surface area contributed by atoms with Crippen LogP contribution in [0, 0.1) is 0 Å². The SMILES string of the molecule is ONc1c(Cl)cc(Cl)cc1Cl. The first-order valence-electron chi connectivity index (χ1n) is 2.70. The molecular weight excluding hydrogens is 208 g/mol. The predicted molar refractivity (Wildman–Crippen MR) is 46.9 cm³/mol. The Morgan fingerprint density at radius 1 is 1.09 bits per heavy atom. The number of hydrogen-bond acceptors (Lipinski definition) is 2. The van der Waals surface area contributed by atoms with Gasteiger partial charge >= 0.3 is 0 Å². The number of anilines is 1. The standard InChI is InChI=1S/C6H4Cl3NO/c7-3-1-4(8)6(10-11)5(9)2-3/h1-2,10-11H. The Bertz CT molecular complexity index is 254. The van der Waals surface area contributed by atoms with Crippen molar-refractivity contribution in [2.45, 2.75) is 0 Å². The lowest BCUT2D eigenvalue weighted by atomic mass is 10.3. The Labute approximate surface area is 78.6 Å². The van der Waals surface area contributed by atoms with Crippen LogP contribution in [0.25, 0.3) is 0 Å². The number of halogens is 3. The fourth-order valence-electron chi connectivity index (χ4n) is 0.649. The molecule has 0 spiro atoms. The van der Waals surface area contributed by atoms with Crippen LogP contribution in [0.1, 0.15) is 0 Å². The van der Waals surface area contributed by atoms with Gasteiger partial charge in [0.15, 0.2) is 0 Å². The molecule has 0 saturated heterocycles. The van der Waals surface area contributed by atoms with Gasteiger partial charge in [0.1, 0.15) is 0 Å². The van der Waals surface area contributed by atoms with Crippen molar-refractivity contribution < 1.29 is 5.21 Å². The van der Waals surface area contributed by atoms with Gasteiger partial charge in [-0.05, 0) is 12.1 Å². The zero-order chi connectivity index (χ0) is 8.43. The maximum Gasteiger partial charge on any atom is 0.0975 e. The summed E-state index contributed by atoms with van der Waals surface area (Å²) in [5.41, 5.74) is 2.13. The van der Waals surface area contributed by atoms with Gasteiger partial charge in [0.05, 0.1) is 15.7 Å². The number of rotatable bonds is 1. The fraction of sp³-hybridized carbons (Fsp3) is 0. The van der Waals surface area contributed by atoms with Crippen LogP contribution in [0.3, 0.4) is 0 Å². The van der Waals surface area contributed by atoms with E-state index in [1.165, 1.54) is 12.1 Å². The highest BCUT2D eigenvalue weighted by Crippen LogP contribution is 2.32. The second-order valence-corrected chi connectivity index (χ2v) is 3.11. The third kappa shape index (κ3) is 1.91. The van der Waals surface area contributed by atoms with E-state index in [9.17, 15) is 0 Å². The Morgan fingerprint density at radius 3 is 1.91 bits per heavy atom. The molecular formula is C6H4Cl3NO. The van der Waals surface area contributed by atoms with Crippen molar-refractivity contribution in [3.05, 3.63) is 27.2 Å². The monoisotopic (exact) mass is 211 g/mol. The summed E-state index contributed by atoms with van der Waals surface area (Å²) in [6.07, 6.45) is 0. The molecule has 1 aromatic rings. The lowest BCUT2D eigenvalue weighted by Gasteiger charge is -2.04. The Kier molecular flexibility index (Phi) is 2.84. The average molecular weight is 212 g/mol. The average Bonchev–Trinajstić information content (AvgIpc) is 1.85. The lowest BCUT2D eigenvalue weighted by molar-refractivity contribution is 0.389. The van der Waals surface area contributed by atoms with E-state index in [0.29, 0.717) is 5.02 Å². The molecule has 2 N–H and O–H groups in total. The smallest absolute Gasteiger partial charge is 0.0975 e.